The first kappa shape index (κ1) is 12.3. The molecule has 0 bridgehead atoms. The molecule has 2 unspecified atom stereocenters. The van der Waals surface area contributed by atoms with Gasteiger partial charge < -0.3 is 15.0 Å². The minimum Gasteiger partial charge on any atom is -0.380 e. The second-order valence-electron chi connectivity index (χ2n) is 5.14. The molecule has 0 aromatic heterocycles. The van der Waals surface area contributed by atoms with E-state index in [-0.39, 0.29) is 0 Å². The molecular weight excluding hydrogens is 200 g/mol. The van der Waals surface area contributed by atoms with Crippen LogP contribution in [0, 0.1) is 0 Å². The fourth-order valence-corrected chi connectivity index (χ4v) is 2.84. The third kappa shape index (κ3) is 3.72. The lowest BCUT2D eigenvalue weighted by Crippen LogP contribution is -2.43. The van der Waals surface area contributed by atoms with Crippen LogP contribution in [0.2, 0.25) is 0 Å². The quantitative estimate of drug-likeness (QED) is 0.791. The monoisotopic (exact) mass is 226 g/mol. The first-order valence-electron chi connectivity index (χ1n) is 6.94. The fraction of sp³-hybridized carbons (Fsp3) is 1.00. The van der Waals surface area contributed by atoms with Gasteiger partial charge >= 0.3 is 0 Å². The number of likely N-dealkylation sites (tertiary alicyclic amines) is 1. The van der Waals surface area contributed by atoms with Gasteiger partial charge in [-0.1, -0.05) is 6.92 Å². The Morgan fingerprint density at radius 1 is 1.12 bits per heavy atom. The third-order valence-electron chi connectivity index (χ3n) is 3.90. The summed E-state index contributed by atoms with van der Waals surface area (Å²) in [6, 6.07) is 1.34. The number of nitrogens with one attached hydrogen (secondary N) is 1. The van der Waals surface area contributed by atoms with Gasteiger partial charge in [-0.15, -0.1) is 0 Å². The van der Waals surface area contributed by atoms with Crippen molar-refractivity contribution in [1.82, 2.24) is 10.2 Å². The van der Waals surface area contributed by atoms with Crippen LogP contribution in [-0.2, 0) is 4.74 Å². The van der Waals surface area contributed by atoms with Crippen molar-refractivity contribution in [2.75, 3.05) is 32.8 Å². The highest BCUT2D eigenvalue weighted by Gasteiger charge is 2.20. The SMILES string of the molecule is CCN1CCCC(NC2CCCOC2)CC1. The molecule has 0 aliphatic carbocycles. The van der Waals surface area contributed by atoms with Crippen LogP contribution in [0.25, 0.3) is 0 Å². The summed E-state index contributed by atoms with van der Waals surface area (Å²) >= 11 is 0. The second kappa shape index (κ2) is 6.58. The number of hydrogen-bond donors (Lipinski definition) is 1. The van der Waals surface area contributed by atoms with Gasteiger partial charge in [0.05, 0.1) is 6.61 Å². The first-order valence-corrected chi connectivity index (χ1v) is 6.94. The van der Waals surface area contributed by atoms with E-state index >= 15 is 0 Å². The van der Waals surface area contributed by atoms with Crippen LogP contribution >= 0.6 is 0 Å². The van der Waals surface area contributed by atoms with Crippen molar-refractivity contribution in [3.63, 3.8) is 0 Å². The largest absolute Gasteiger partial charge is 0.380 e. The van der Waals surface area contributed by atoms with E-state index in [0.717, 1.165) is 19.3 Å². The van der Waals surface area contributed by atoms with E-state index in [9.17, 15) is 0 Å². The highest BCUT2D eigenvalue weighted by molar-refractivity contribution is 4.79. The van der Waals surface area contributed by atoms with Crippen LogP contribution in [0.4, 0.5) is 0 Å². The predicted octanol–water partition coefficient (Wildman–Crippen LogP) is 1.63. The summed E-state index contributed by atoms with van der Waals surface area (Å²) in [4.78, 5) is 2.57. The summed E-state index contributed by atoms with van der Waals surface area (Å²) in [7, 11) is 0. The van der Waals surface area contributed by atoms with Crippen LogP contribution in [0.5, 0.6) is 0 Å². The average molecular weight is 226 g/mol. The maximum Gasteiger partial charge on any atom is 0.0619 e. The summed E-state index contributed by atoms with van der Waals surface area (Å²) in [6.07, 6.45) is 6.52. The minimum absolute atomic E-state index is 0.618. The maximum absolute atomic E-state index is 5.52. The lowest BCUT2D eigenvalue weighted by atomic mass is 10.1. The van der Waals surface area contributed by atoms with Crippen molar-refractivity contribution in [3.8, 4) is 0 Å². The van der Waals surface area contributed by atoms with Gasteiger partial charge in [-0.05, 0) is 51.7 Å². The third-order valence-corrected chi connectivity index (χ3v) is 3.90. The Bertz CT molecular complexity index is 192. The molecule has 0 spiro atoms. The standard InChI is InChI=1S/C13H26N2O/c1-2-15-8-3-5-12(7-9-15)14-13-6-4-10-16-11-13/h12-14H,2-11H2,1H3. The number of ether oxygens (including phenoxy) is 1. The van der Waals surface area contributed by atoms with Crippen molar-refractivity contribution in [2.45, 2.75) is 51.1 Å². The normalized spacial score (nSPS) is 33.6. The van der Waals surface area contributed by atoms with Gasteiger partial charge in [0.25, 0.3) is 0 Å². The summed E-state index contributed by atoms with van der Waals surface area (Å²) in [6.45, 7) is 7.92. The highest BCUT2D eigenvalue weighted by Crippen LogP contribution is 2.14. The smallest absolute Gasteiger partial charge is 0.0619 e. The summed E-state index contributed by atoms with van der Waals surface area (Å²) in [5, 5.41) is 3.79. The molecule has 3 nitrogen and oxygen atoms in total. The fourth-order valence-electron chi connectivity index (χ4n) is 2.84. The molecule has 0 radical (unpaired) electrons. The molecule has 2 saturated heterocycles. The van der Waals surface area contributed by atoms with E-state index in [1.807, 2.05) is 0 Å². The van der Waals surface area contributed by atoms with E-state index < -0.39 is 0 Å². The molecule has 2 aliphatic heterocycles. The Balaban J connectivity index is 1.72. The topological polar surface area (TPSA) is 24.5 Å². The number of nitrogens with zero attached hydrogens (tertiary/aromatic N) is 1. The zero-order valence-electron chi connectivity index (χ0n) is 10.6. The Hall–Kier alpha value is -0.120. The molecule has 94 valence electrons. The van der Waals surface area contributed by atoms with E-state index in [1.54, 1.807) is 0 Å². The molecule has 2 fully saturated rings. The van der Waals surface area contributed by atoms with Gasteiger partial charge in [0, 0.05) is 18.7 Å². The molecule has 1 N–H and O–H groups in total. The molecule has 0 saturated carbocycles. The Kier molecular flexibility index (Phi) is 5.07. The molecule has 0 aromatic rings. The number of hydrogen-bond acceptors (Lipinski definition) is 3. The van der Waals surface area contributed by atoms with E-state index in [1.165, 1.54) is 51.7 Å². The first-order chi connectivity index (χ1) is 7.88. The van der Waals surface area contributed by atoms with Gasteiger partial charge in [-0.2, -0.15) is 0 Å². The molecule has 3 heteroatoms. The number of rotatable bonds is 3. The molecule has 2 atom stereocenters. The Morgan fingerprint density at radius 2 is 2.00 bits per heavy atom. The summed E-state index contributed by atoms with van der Waals surface area (Å²) in [5.74, 6) is 0. The predicted molar refractivity (Wildman–Crippen MR) is 66.7 cm³/mol. The van der Waals surface area contributed by atoms with Crippen LogP contribution in [-0.4, -0.2) is 49.8 Å². The summed E-state index contributed by atoms with van der Waals surface area (Å²) in [5.41, 5.74) is 0. The Morgan fingerprint density at radius 3 is 2.75 bits per heavy atom. The van der Waals surface area contributed by atoms with Crippen molar-refractivity contribution in [2.24, 2.45) is 0 Å². The Labute approximate surface area is 99.5 Å². The molecular formula is C13H26N2O. The van der Waals surface area contributed by atoms with Crippen molar-refractivity contribution in [1.29, 1.82) is 0 Å². The zero-order chi connectivity index (χ0) is 11.2. The van der Waals surface area contributed by atoms with E-state index in [4.69, 9.17) is 4.74 Å². The van der Waals surface area contributed by atoms with Gasteiger partial charge in [0.2, 0.25) is 0 Å². The van der Waals surface area contributed by atoms with Crippen LogP contribution in [0.3, 0.4) is 0 Å². The summed E-state index contributed by atoms with van der Waals surface area (Å²) < 4.78 is 5.52. The lowest BCUT2D eigenvalue weighted by Gasteiger charge is -2.28. The molecule has 2 rings (SSSR count). The van der Waals surface area contributed by atoms with Crippen molar-refractivity contribution < 1.29 is 4.74 Å². The van der Waals surface area contributed by atoms with E-state index in [0.29, 0.717) is 6.04 Å². The minimum atomic E-state index is 0.618. The molecule has 16 heavy (non-hydrogen) atoms. The molecule has 2 heterocycles. The zero-order valence-corrected chi connectivity index (χ0v) is 10.6. The van der Waals surface area contributed by atoms with Gasteiger partial charge in [0.1, 0.15) is 0 Å². The van der Waals surface area contributed by atoms with Gasteiger partial charge in [0.15, 0.2) is 0 Å². The lowest BCUT2D eigenvalue weighted by molar-refractivity contribution is 0.0656. The van der Waals surface area contributed by atoms with Crippen LogP contribution < -0.4 is 5.32 Å². The van der Waals surface area contributed by atoms with Crippen LogP contribution in [0.15, 0.2) is 0 Å². The maximum atomic E-state index is 5.52. The molecule has 0 aromatic carbocycles. The van der Waals surface area contributed by atoms with Crippen molar-refractivity contribution in [3.05, 3.63) is 0 Å². The van der Waals surface area contributed by atoms with Gasteiger partial charge in [-0.3, -0.25) is 0 Å². The molecule has 0 amide bonds. The van der Waals surface area contributed by atoms with E-state index in [2.05, 4.69) is 17.1 Å². The second-order valence-corrected chi connectivity index (χ2v) is 5.14. The molecule has 2 aliphatic rings. The highest BCUT2D eigenvalue weighted by atomic mass is 16.5. The van der Waals surface area contributed by atoms with Crippen molar-refractivity contribution >= 4 is 0 Å². The van der Waals surface area contributed by atoms with Crippen LogP contribution in [0.1, 0.15) is 39.0 Å². The average Bonchev–Trinajstić information content (AvgIpc) is 2.56. The van der Waals surface area contributed by atoms with Gasteiger partial charge in [-0.25, -0.2) is 0 Å².